The molecule has 28 heavy (non-hydrogen) atoms. The highest BCUT2D eigenvalue weighted by molar-refractivity contribution is 7.93. The molecule has 0 aliphatic carbocycles. The normalized spacial score (nSPS) is 20.4. The summed E-state index contributed by atoms with van der Waals surface area (Å²) in [5.41, 5.74) is 0.561. The van der Waals surface area contributed by atoms with Gasteiger partial charge in [0, 0.05) is 24.6 Å². The van der Waals surface area contributed by atoms with Crippen LogP contribution in [0.4, 0.5) is 11.4 Å². The zero-order chi connectivity index (χ0) is 18.9. The number of rotatable bonds is 4. The molecule has 0 saturated carbocycles. The molecule has 0 spiro atoms. The summed E-state index contributed by atoms with van der Waals surface area (Å²) in [5, 5.41) is 10.6. The molecule has 2 fully saturated rings. The van der Waals surface area contributed by atoms with Gasteiger partial charge >= 0.3 is 0 Å². The summed E-state index contributed by atoms with van der Waals surface area (Å²) in [6, 6.07) is 8.79. The van der Waals surface area contributed by atoms with Gasteiger partial charge in [0.15, 0.2) is 0 Å². The number of benzene rings is 1. The molecule has 152 valence electrons. The van der Waals surface area contributed by atoms with E-state index in [1.807, 2.05) is 12.3 Å². The number of carbonyl (C=O) groups excluding carboxylic acids is 1. The molecule has 2 aromatic rings. The van der Waals surface area contributed by atoms with Crippen molar-refractivity contribution in [2.45, 2.75) is 24.8 Å². The predicted octanol–water partition coefficient (Wildman–Crippen LogP) is 1.56. The summed E-state index contributed by atoms with van der Waals surface area (Å²) in [6.45, 7) is 2.00. The number of nitrogens with one attached hydrogen (secondary N) is 2. The SMILES string of the molecule is Cl.O=C(Nc1ccc(N2CCCS2(=O)=O)cc1)C1(n2cccn2)CCNCC1. The van der Waals surface area contributed by atoms with E-state index < -0.39 is 15.6 Å². The average Bonchev–Trinajstić information content (AvgIpc) is 3.33. The van der Waals surface area contributed by atoms with E-state index >= 15 is 0 Å². The van der Waals surface area contributed by atoms with Crippen LogP contribution >= 0.6 is 12.4 Å². The lowest BCUT2D eigenvalue weighted by Crippen LogP contribution is -2.52. The van der Waals surface area contributed by atoms with Gasteiger partial charge in [0.1, 0.15) is 5.54 Å². The van der Waals surface area contributed by atoms with Gasteiger partial charge in [-0.2, -0.15) is 5.10 Å². The van der Waals surface area contributed by atoms with Crippen LogP contribution in [-0.2, 0) is 20.4 Å². The number of nitrogens with zero attached hydrogens (tertiary/aromatic N) is 3. The van der Waals surface area contributed by atoms with Crippen molar-refractivity contribution in [2.24, 2.45) is 0 Å². The van der Waals surface area contributed by atoms with Crippen LogP contribution in [0.1, 0.15) is 19.3 Å². The minimum Gasteiger partial charge on any atom is -0.324 e. The summed E-state index contributed by atoms with van der Waals surface area (Å²) in [6.07, 6.45) is 5.46. The van der Waals surface area contributed by atoms with E-state index in [1.165, 1.54) is 4.31 Å². The molecule has 2 aliphatic heterocycles. The maximum absolute atomic E-state index is 13.1. The van der Waals surface area contributed by atoms with Gasteiger partial charge in [-0.15, -0.1) is 12.4 Å². The van der Waals surface area contributed by atoms with Gasteiger partial charge < -0.3 is 10.6 Å². The van der Waals surface area contributed by atoms with Crippen molar-refractivity contribution in [3.05, 3.63) is 42.7 Å². The predicted molar refractivity (Wildman–Crippen MR) is 110 cm³/mol. The monoisotopic (exact) mass is 425 g/mol. The number of aromatic nitrogens is 2. The van der Waals surface area contributed by atoms with Crippen LogP contribution < -0.4 is 14.9 Å². The smallest absolute Gasteiger partial charge is 0.252 e. The van der Waals surface area contributed by atoms with Gasteiger partial charge in [0.25, 0.3) is 5.91 Å². The van der Waals surface area contributed by atoms with E-state index in [-0.39, 0.29) is 24.1 Å². The van der Waals surface area contributed by atoms with Crippen LogP contribution in [0.3, 0.4) is 0 Å². The molecular weight excluding hydrogens is 402 g/mol. The molecule has 1 amide bonds. The maximum Gasteiger partial charge on any atom is 0.252 e. The molecule has 2 saturated heterocycles. The van der Waals surface area contributed by atoms with Crippen LogP contribution in [0.15, 0.2) is 42.7 Å². The lowest BCUT2D eigenvalue weighted by Gasteiger charge is -2.36. The molecule has 2 N–H and O–H groups in total. The molecule has 10 heteroatoms. The van der Waals surface area contributed by atoms with Crippen LogP contribution in [0.2, 0.25) is 0 Å². The average molecular weight is 426 g/mol. The Labute approximate surface area is 170 Å². The molecule has 1 aromatic heterocycles. The number of sulfonamides is 1. The first-order chi connectivity index (χ1) is 13.0. The zero-order valence-electron chi connectivity index (χ0n) is 15.4. The van der Waals surface area contributed by atoms with E-state index in [0.29, 0.717) is 37.2 Å². The topological polar surface area (TPSA) is 96.3 Å². The molecule has 0 unspecified atom stereocenters. The summed E-state index contributed by atoms with van der Waals surface area (Å²) < 4.78 is 27.3. The molecule has 4 rings (SSSR count). The number of hydrogen-bond donors (Lipinski definition) is 2. The van der Waals surface area contributed by atoms with Crippen LogP contribution in [0.5, 0.6) is 0 Å². The third-order valence-corrected chi connectivity index (χ3v) is 7.18. The fraction of sp³-hybridized carbons (Fsp3) is 0.444. The van der Waals surface area contributed by atoms with Crippen LogP contribution in [0, 0.1) is 0 Å². The minimum atomic E-state index is -3.21. The number of anilines is 2. The van der Waals surface area contributed by atoms with Crippen molar-refractivity contribution in [1.29, 1.82) is 0 Å². The number of amides is 1. The molecular formula is C18H24ClN5O3S. The summed E-state index contributed by atoms with van der Waals surface area (Å²) in [7, 11) is -3.21. The van der Waals surface area contributed by atoms with Gasteiger partial charge in [-0.1, -0.05) is 0 Å². The Hall–Kier alpha value is -2.10. The molecule has 0 atom stereocenters. The Balaban J connectivity index is 0.00000225. The van der Waals surface area contributed by atoms with Crippen molar-refractivity contribution in [3.63, 3.8) is 0 Å². The summed E-state index contributed by atoms with van der Waals surface area (Å²) in [4.78, 5) is 13.1. The summed E-state index contributed by atoms with van der Waals surface area (Å²) in [5.74, 6) is 0.0839. The lowest BCUT2D eigenvalue weighted by atomic mass is 9.87. The Bertz CT molecular complexity index is 909. The van der Waals surface area contributed by atoms with E-state index in [4.69, 9.17) is 0 Å². The molecule has 1 aromatic carbocycles. The van der Waals surface area contributed by atoms with E-state index in [9.17, 15) is 13.2 Å². The lowest BCUT2D eigenvalue weighted by molar-refractivity contribution is -0.126. The van der Waals surface area contributed by atoms with Gasteiger partial charge in [-0.05, 0) is 62.7 Å². The third kappa shape index (κ3) is 3.74. The Morgan fingerprint density at radius 1 is 1.18 bits per heavy atom. The number of carbonyl (C=O) groups is 1. The Morgan fingerprint density at radius 3 is 2.46 bits per heavy atom. The van der Waals surface area contributed by atoms with Crippen molar-refractivity contribution >= 4 is 39.7 Å². The number of piperidine rings is 1. The van der Waals surface area contributed by atoms with E-state index in [1.54, 1.807) is 35.1 Å². The summed E-state index contributed by atoms with van der Waals surface area (Å²) >= 11 is 0. The first-order valence-electron chi connectivity index (χ1n) is 9.14. The fourth-order valence-electron chi connectivity index (χ4n) is 3.81. The largest absolute Gasteiger partial charge is 0.324 e. The van der Waals surface area contributed by atoms with Crippen molar-refractivity contribution < 1.29 is 13.2 Å². The second-order valence-electron chi connectivity index (χ2n) is 6.97. The van der Waals surface area contributed by atoms with Gasteiger partial charge in [-0.3, -0.25) is 13.8 Å². The second-order valence-corrected chi connectivity index (χ2v) is 8.99. The quantitative estimate of drug-likeness (QED) is 0.774. The standard InChI is InChI=1S/C18H23N5O3S.ClH/c24-17(18(7-10-19-11-8-18)23-13-1-9-20-23)21-15-3-5-16(6-4-15)22-12-2-14-27(22,25)26;/h1,3-6,9,13,19H,2,7-8,10-12,14H2,(H,21,24);1H. The number of hydrogen-bond acceptors (Lipinski definition) is 5. The van der Waals surface area contributed by atoms with Crippen molar-refractivity contribution in [1.82, 2.24) is 15.1 Å². The highest BCUT2D eigenvalue weighted by atomic mass is 35.5. The maximum atomic E-state index is 13.1. The molecule has 8 nitrogen and oxygen atoms in total. The zero-order valence-corrected chi connectivity index (χ0v) is 17.0. The second kappa shape index (κ2) is 8.10. The highest BCUT2D eigenvalue weighted by Crippen LogP contribution is 2.30. The molecule has 0 radical (unpaired) electrons. The van der Waals surface area contributed by atoms with E-state index in [2.05, 4.69) is 15.7 Å². The minimum absolute atomic E-state index is 0. The first-order valence-corrected chi connectivity index (χ1v) is 10.7. The van der Waals surface area contributed by atoms with Crippen LogP contribution in [-0.4, -0.2) is 49.5 Å². The Morgan fingerprint density at radius 2 is 1.89 bits per heavy atom. The molecule has 2 aliphatic rings. The fourth-order valence-corrected chi connectivity index (χ4v) is 5.38. The Kier molecular flexibility index (Phi) is 5.97. The van der Waals surface area contributed by atoms with E-state index in [0.717, 1.165) is 13.1 Å². The molecule has 3 heterocycles. The van der Waals surface area contributed by atoms with Gasteiger partial charge in [-0.25, -0.2) is 8.42 Å². The first kappa shape index (κ1) is 20.6. The number of halogens is 1. The van der Waals surface area contributed by atoms with Crippen LogP contribution in [0.25, 0.3) is 0 Å². The van der Waals surface area contributed by atoms with Gasteiger partial charge in [0.05, 0.1) is 11.4 Å². The van der Waals surface area contributed by atoms with Crippen molar-refractivity contribution in [2.75, 3.05) is 35.0 Å². The highest BCUT2D eigenvalue weighted by Gasteiger charge is 2.42. The van der Waals surface area contributed by atoms with Crippen molar-refractivity contribution in [3.8, 4) is 0 Å². The molecule has 0 bridgehead atoms. The third-order valence-electron chi connectivity index (χ3n) is 5.31. The van der Waals surface area contributed by atoms with Gasteiger partial charge in [0.2, 0.25) is 10.0 Å².